The number of ether oxygens (including phenoxy) is 1. The van der Waals surface area contributed by atoms with E-state index in [9.17, 15) is 9.59 Å². The van der Waals surface area contributed by atoms with Crippen LogP contribution in [0, 0.1) is 5.92 Å². The van der Waals surface area contributed by atoms with Crippen LogP contribution >= 0.6 is 0 Å². The molecule has 1 aliphatic carbocycles. The van der Waals surface area contributed by atoms with Crippen LogP contribution in [0.4, 0.5) is 0 Å². The van der Waals surface area contributed by atoms with Crippen LogP contribution in [0.1, 0.15) is 66.6 Å². The summed E-state index contributed by atoms with van der Waals surface area (Å²) in [5.74, 6) is 0.673. The van der Waals surface area contributed by atoms with Gasteiger partial charge in [-0.2, -0.15) is 0 Å². The van der Waals surface area contributed by atoms with Crippen molar-refractivity contribution in [3.8, 4) is 0 Å². The minimum Gasteiger partial charge on any atom is -0.465 e. The number of H-pyrrole nitrogens is 1. The lowest BCUT2D eigenvalue weighted by molar-refractivity contribution is -0.132. The molecule has 2 aromatic rings. The van der Waals surface area contributed by atoms with E-state index in [1.54, 1.807) is 6.07 Å². The molecule has 0 spiro atoms. The van der Waals surface area contributed by atoms with Gasteiger partial charge in [0.15, 0.2) is 0 Å². The molecular formula is C22H28N2O3. The highest BCUT2D eigenvalue weighted by molar-refractivity contribution is 5.96. The Hall–Kier alpha value is -2.30. The van der Waals surface area contributed by atoms with Crippen molar-refractivity contribution in [3.63, 3.8) is 0 Å². The van der Waals surface area contributed by atoms with E-state index in [1.165, 1.54) is 44.9 Å². The zero-order valence-electron chi connectivity index (χ0n) is 16.1. The second kappa shape index (κ2) is 7.75. The number of esters is 1. The molecule has 27 heavy (non-hydrogen) atoms. The molecule has 5 heteroatoms. The van der Waals surface area contributed by atoms with E-state index >= 15 is 0 Å². The Morgan fingerprint density at radius 1 is 1.22 bits per heavy atom. The van der Waals surface area contributed by atoms with Gasteiger partial charge < -0.3 is 14.6 Å². The molecule has 4 rings (SSSR count). The van der Waals surface area contributed by atoms with E-state index in [1.807, 2.05) is 17.0 Å². The third-order valence-corrected chi connectivity index (χ3v) is 6.24. The summed E-state index contributed by atoms with van der Waals surface area (Å²) in [4.78, 5) is 30.1. The van der Waals surface area contributed by atoms with E-state index in [-0.39, 0.29) is 11.9 Å². The van der Waals surface area contributed by atoms with Crippen molar-refractivity contribution >= 4 is 22.8 Å². The van der Waals surface area contributed by atoms with Crippen LogP contribution in [-0.2, 0) is 22.5 Å². The molecule has 1 fully saturated rings. The molecule has 1 aromatic carbocycles. The maximum atomic E-state index is 12.8. The predicted octanol–water partition coefficient (Wildman–Crippen LogP) is 4.20. The van der Waals surface area contributed by atoms with E-state index in [0.717, 1.165) is 41.8 Å². The summed E-state index contributed by atoms with van der Waals surface area (Å²) in [6.45, 7) is 1.40. The summed E-state index contributed by atoms with van der Waals surface area (Å²) in [5, 5.41) is 1.03. The van der Waals surface area contributed by atoms with Crippen molar-refractivity contribution in [1.82, 2.24) is 9.88 Å². The first-order valence-corrected chi connectivity index (χ1v) is 10.2. The molecule has 1 aromatic heterocycles. The molecule has 0 atom stereocenters. The van der Waals surface area contributed by atoms with Gasteiger partial charge >= 0.3 is 5.97 Å². The first kappa shape index (κ1) is 18.1. The summed E-state index contributed by atoms with van der Waals surface area (Å²) < 4.78 is 4.84. The smallest absolute Gasteiger partial charge is 0.337 e. The monoisotopic (exact) mass is 368 g/mol. The van der Waals surface area contributed by atoms with Gasteiger partial charge in [-0.15, -0.1) is 0 Å². The minimum absolute atomic E-state index is 0.268. The van der Waals surface area contributed by atoms with Gasteiger partial charge in [-0.05, 0) is 30.5 Å². The number of nitrogens with zero attached hydrogens (tertiary/aromatic N) is 1. The molecule has 5 nitrogen and oxygen atoms in total. The van der Waals surface area contributed by atoms with Crippen molar-refractivity contribution < 1.29 is 14.3 Å². The van der Waals surface area contributed by atoms with Gasteiger partial charge in [0.25, 0.3) is 0 Å². The quantitative estimate of drug-likeness (QED) is 0.823. The molecule has 144 valence electrons. The zero-order valence-corrected chi connectivity index (χ0v) is 16.1. The lowest BCUT2D eigenvalue weighted by atomic mass is 9.86. The third-order valence-electron chi connectivity index (χ3n) is 6.24. The van der Waals surface area contributed by atoms with Crippen molar-refractivity contribution in [1.29, 1.82) is 0 Å². The predicted molar refractivity (Wildman–Crippen MR) is 105 cm³/mol. The van der Waals surface area contributed by atoms with Crippen molar-refractivity contribution in [2.75, 3.05) is 13.7 Å². The fourth-order valence-electron chi connectivity index (χ4n) is 4.63. The number of amides is 1. The summed E-state index contributed by atoms with van der Waals surface area (Å²) in [6, 6.07) is 5.59. The fraction of sp³-hybridized carbons (Fsp3) is 0.545. The molecule has 1 aliphatic heterocycles. The number of carbonyl (C=O) groups is 2. The highest BCUT2D eigenvalue weighted by Gasteiger charge is 2.25. The van der Waals surface area contributed by atoms with Crippen LogP contribution in [-0.4, -0.2) is 35.4 Å². The lowest BCUT2D eigenvalue weighted by Crippen LogP contribution is -2.35. The van der Waals surface area contributed by atoms with Crippen LogP contribution in [0.5, 0.6) is 0 Å². The Bertz CT molecular complexity index is 849. The van der Waals surface area contributed by atoms with E-state index in [4.69, 9.17) is 4.74 Å². The fourth-order valence-corrected chi connectivity index (χ4v) is 4.63. The number of benzene rings is 1. The molecule has 1 N–H and O–H groups in total. The largest absolute Gasteiger partial charge is 0.465 e. The van der Waals surface area contributed by atoms with Gasteiger partial charge in [0.1, 0.15) is 0 Å². The maximum Gasteiger partial charge on any atom is 0.337 e. The summed E-state index contributed by atoms with van der Waals surface area (Å²) in [6.07, 6.45) is 9.11. The molecular weight excluding hydrogens is 340 g/mol. The van der Waals surface area contributed by atoms with E-state index < -0.39 is 0 Å². The summed E-state index contributed by atoms with van der Waals surface area (Å²) in [5.41, 5.74) is 3.90. The van der Waals surface area contributed by atoms with Crippen LogP contribution in [0.3, 0.4) is 0 Å². The summed E-state index contributed by atoms with van der Waals surface area (Å²) >= 11 is 0. The molecule has 1 saturated carbocycles. The topological polar surface area (TPSA) is 62.4 Å². The van der Waals surface area contributed by atoms with E-state index in [0.29, 0.717) is 18.5 Å². The number of rotatable bonds is 4. The van der Waals surface area contributed by atoms with Gasteiger partial charge in [0.2, 0.25) is 5.91 Å². The van der Waals surface area contributed by atoms with Gasteiger partial charge in [-0.25, -0.2) is 4.79 Å². The highest BCUT2D eigenvalue weighted by Crippen LogP contribution is 2.31. The number of hydrogen-bond acceptors (Lipinski definition) is 3. The third kappa shape index (κ3) is 3.73. The normalized spacial score (nSPS) is 17.7. The number of nitrogens with one attached hydrogen (secondary N) is 1. The maximum absolute atomic E-state index is 12.8. The number of methoxy groups -OCH3 is 1. The first-order valence-electron chi connectivity index (χ1n) is 10.2. The van der Waals surface area contributed by atoms with Gasteiger partial charge in [-0.1, -0.05) is 32.1 Å². The standard InChI is InChI=1S/C22H28N2O3/c1-27-22(26)16-8-9-19-17(13-16)18-14-24(12-11-20(18)23-19)21(25)10-7-15-5-3-2-4-6-15/h8-9,13,15,23H,2-7,10-12,14H2,1H3. The van der Waals surface area contributed by atoms with Crippen LogP contribution in [0.2, 0.25) is 0 Å². The van der Waals surface area contributed by atoms with E-state index in [2.05, 4.69) is 4.98 Å². The second-order valence-corrected chi connectivity index (χ2v) is 7.94. The number of fused-ring (bicyclic) bond motifs is 3. The first-order chi connectivity index (χ1) is 13.2. The van der Waals surface area contributed by atoms with Gasteiger partial charge in [0.05, 0.1) is 12.7 Å². The molecule has 0 saturated heterocycles. The Morgan fingerprint density at radius 3 is 2.81 bits per heavy atom. The Kier molecular flexibility index (Phi) is 5.19. The lowest BCUT2D eigenvalue weighted by Gasteiger charge is -2.28. The van der Waals surface area contributed by atoms with Crippen molar-refractivity contribution in [3.05, 3.63) is 35.0 Å². The average molecular weight is 368 g/mol. The Morgan fingerprint density at radius 2 is 2.04 bits per heavy atom. The van der Waals surface area contributed by atoms with Crippen LogP contribution in [0.25, 0.3) is 10.9 Å². The minimum atomic E-state index is -0.330. The second-order valence-electron chi connectivity index (χ2n) is 7.94. The Labute approximate surface area is 160 Å². The molecule has 1 amide bonds. The van der Waals surface area contributed by atoms with Crippen LogP contribution < -0.4 is 0 Å². The molecule has 2 heterocycles. The summed E-state index contributed by atoms with van der Waals surface area (Å²) in [7, 11) is 1.39. The zero-order chi connectivity index (χ0) is 18.8. The number of carbonyl (C=O) groups excluding carboxylic acids is 2. The number of aromatic nitrogens is 1. The highest BCUT2D eigenvalue weighted by atomic mass is 16.5. The molecule has 0 radical (unpaired) electrons. The van der Waals surface area contributed by atoms with Crippen molar-refractivity contribution in [2.24, 2.45) is 5.92 Å². The molecule has 0 bridgehead atoms. The SMILES string of the molecule is COC(=O)c1ccc2[nH]c3c(c2c1)CN(C(=O)CCC1CCCCC1)CC3. The van der Waals surface area contributed by atoms with Gasteiger partial charge in [-0.3, -0.25) is 4.79 Å². The average Bonchev–Trinajstić information content (AvgIpc) is 3.09. The van der Waals surface area contributed by atoms with Gasteiger partial charge in [0, 0.05) is 48.1 Å². The Balaban J connectivity index is 1.47. The number of aromatic amines is 1. The molecule has 2 aliphatic rings. The van der Waals surface area contributed by atoms with Crippen molar-refractivity contribution in [2.45, 2.75) is 57.9 Å². The molecule has 0 unspecified atom stereocenters. The number of hydrogen-bond donors (Lipinski definition) is 1. The van der Waals surface area contributed by atoms with Crippen LogP contribution in [0.15, 0.2) is 18.2 Å².